The molecule has 1 N–H and O–H groups in total. The lowest BCUT2D eigenvalue weighted by Crippen LogP contribution is -2.39. The molecule has 0 fully saturated rings. The Morgan fingerprint density at radius 3 is 3.00 bits per heavy atom. The van der Waals surface area contributed by atoms with E-state index in [1.807, 2.05) is 24.5 Å². The van der Waals surface area contributed by atoms with Crippen molar-refractivity contribution in [3.63, 3.8) is 0 Å². The molecule has 0 aromatic heterocycles. The topological polar surface area (TPSA) is 38.3 Å². The van der Waals surface area contributed by atoms with Crippen LogP contribution in [-0.4, -0.2) is 24.6 Å². The molecule has 0 saturated heterocycles. The quantitative estimate of drug-likeness (QED) is 0.829. The number of thioether (sulfide) groups is 1. The van der Waals surface area contributed by atoms with Gasteiger partial charge in [0.15, 0.2) is 0 Å². The molecule has 1 amide bonds. The molecule has 1 atom stereocenters. The summed E-state index contributed by atoms with van der Waals surface area (Å²) in [5.41, 5.74) is 1.75. The van der Waals surface area contributed by atoms with Gasteiger partial charge in [-0.2, -0.15) is 0 Å². The van der Waals surface area contributed by atoms with Gasteiger partial charge in [-0.1, -0.05) is 6.07 Å². The first kappa shape index (κ1) is 10.4. The SMILES string of the molecule is COc1cccc2c1CC(SC)NC2=O. The van der Waals surface area contributed by atoms with Gasteiger partial charge >= 0.3 is 0 Å². The molecule has 1 aromatic carbocycles. The van der Waals surface area contributed by atoms with Crippen LogP contribution in [0.4, 0.5) is 0 Å². The molecule has 1 heterocycles. The Morgan fingerprint density at radius 1 is 1.53 bits per heavy atom. The van der Waals surface area contributed by atoms with Crippen LogP contribution in [0.15, 0.2) is 18.2 Å². The van der Waals surface area contributed by atoms with Crippen molar-refractivity contribution in [2.75, 3.05) is 13.4 Å². The van der Waals surface area contributed by atoms with E-state index in [1.54, 1.807) is 18.9 Å². The van der Waals surface area contributed by atoms with Crippen molar-refractivity contribution >= 4 is 17.7 Å². The van der Waals surface area contributed by atoms with Crippen LogP contribution in [0.2, 0.25) is 0 Å². The monoisotopic (exact) mass is 223 g/mol. The maximum absolute atomic E-state index is 11.7. The van der Waals surface area contributed by atoms with E-state index in [1.165, 1.54) is 0 Å². The fourth-order valence-electron chi connectivity index (χ4n) is 1.78. The van der Waals surface area contributed by atoms with Gasteiger partial charge in [-0.15, -0.1) is 11.8 Å². The van der Waals surface area contributed by atoms with Gasteiger partial charge in [-0.3, -0.25) is 4.79 Å². The van der Waals surface area contributed by atoms with Crippen molar-refractivity contribution in [2.45, 2.75) is 11.8 Å². The number of fused-ring (bicyclic) bond motifs is 1. The van der Waals surface area contributed by atoms with Crippen molar-refractivity contribution < 1.29 is 9.53 Å². The second kappa shape index (κ2) is 4.14. The predicted molar refractivity (Wildman–Crippen MR) is 61.5 cm³/mol. The molecule has 0 aliphatic carbocycles. The molecular formula is C11H13NO2S. The predicted octanol–water partition coefficient (Wildman–Crippen LogP) is 1.67. The number of rotatable bonds is 2. The fraction of sp³-hybridized carbons (Fsp3) is 0.364. The lowest BCUT2D eigenvalue weighted by Gasteiger charge is -2.25. The second-order valence-electron chi connectivity index (χ2n) is 3.39. The minimum Gasteiger partial charge on any atom is -0.496 e. The molecule has 1 unspecified atom stereocenters. The van der Waals surface area contributed by atoms with Crippen LogP contribution in [0.5, 0.6) is 5.75 Å². The number of hydrogen-bond acceptors (Lipinski definition) is 3. The number of nitrogens with one attached hydrogen (secondary N) is 1. The highest BCUT2D eigenvalue weighted by Crippen LogP contribution is 2.28. The van der Waals surface area contributed by atoms with E-state index in [2.05, 4.69) is 5.32 Å². The first-order valence-corrected chi connectivity index (χ1v) is 6.04. The summed E-state index contributed by atoms with van der Waals surface area (Å²) in [6, 6.07) is 5.58. The van der Waals surface area contributed by atoms with Crippen molar-refractivity contribution in [1.82, 2.24) is 5.32 Å². The number of carbonyl (C=O) groups excluding carboxylic acids is 1. The summed E-state index contributed by atoms with van der Waals surface area (Å²) in [4.78, 5) is 11.7. The molecule has 1 aliphatic rings. The summed E-state index contributed by atoms with van der Waals surface area (Å²) in [5.74, 6) is 0.802. The summed E-state index contributed by atoms with van der Waals surface area (Å²) in [6.45, 7) is 0. The van der Waals surface area contributed by atoms with Gasteiger partial charge in [0.25, 0.3) is 5.91 Å². The van der Waals surface area contributed by atoms with Crippen LogP contribution >= 0.6 is 11.8 Å². The Hall–Kier alpha value is -1.16. The summed E-state index contributed by atoms with van der Waals surface area (Å²) >= 11 is 1.64. The van der Waals surface area contributed by atoms with Gasteiger partial charge in [0.05, 0.1) is 12.5 Å². The van der Waals surface area contributed by atoms with Gasteiger partial charge in [-0.05, 0) is 18.4 Å². The summed E-state index contributed by atoms with van der Waals surface area (Å²) < 4.78 is 5.26. The van der Waals surface area contributed by atoms with Gasteiger partial charge < -0.3 is 10.1 Å². The number of benzene rings is 1. The van der Waals surface area contributed by atoms with Crippen molar-refractivity contribution in [3.8, 4) is 5.75 Å². The zero-order valence-electron chi connectivity index (χ0n) is 8.74. The van der Waals surface area contributed by atoms with Crippen molar-refractivity contribution in [2.24, 2.45) is 0 Å². The highest BCUT2D eigenvalue weighted by molar-refractivity contribution is 7.99. The van der Waals surface area contributed by atoms with Crippen molar-refractivity contribution in [1.29, 1.82) is 0 Å². The lowest BCUT2D eigenvalue weighted by atomic mass is 9.99. The minimum absolute atomic E-state index is 0.00509. The van der Waals surface area contributed by atoms with Gasteiger partial charge in [0.1, 0.15) is 5.75 Å². The highest BCUT2D eigenvalue weighted by Gasteiger charge is 2.25. The molecular weight excluding hydrogens is 210 g/mol. The van der Waals surface area contributed by atoms with Crippen LogP contribution in [0.25, 0.3) is 0 Å². The first-order valence-electron chi connectivity index (χ1n) is 4.75. The van der Waals surface area contributed by atoms with Crippen LogP contribution < -0.4 is 10.1 Å². The molecule has 0 radical (unpaired) electrons. The zero-order valence-corrected chi connectivity index (χ0v) is 9.56. The number of amides is 1. The Morgan fingerprint density at radius 2 is 2.33 bits per heavy atom. The Bertz CT molecular complexity index is 392. The molecule has 15 heavy (non-hydrogen) atoms. The molecule has 0 bridgehead atoms. The van der Waals surface area contributed by atoms with Crippen LogP contribution in [0.1, 0.15) is 15.9 Å². The van der Waals surface area contributed by atoms with Crippen LogP contribution in [0, 0.1) is 0 Å². The summed E-state index contributed by atoms with van der Waals surface area (Å²) in [5, 5.41) is 3.10. The molecule has 0 spiro atoms. The highest BCUT2D eigenvalue weighted by atomic mass is 32.2. The first-order chi connectivity index (χ1) is 7.26. The zero-order chi connectivity index (χ0) is 10.8. The average Bonchev–Trinajstić information content (AvgIpc) is 2.28. The molecule has 3 nitrogen and oxygen atoms in total. The maximum atomic E-state index is 11.7. The Balaban J connectivity index is 2.45. The number of ether oxygens (including phenoxy) is 1. The van der Waals surface area contributed by atoms with E-state index in [0.29, 0.717) is 0 Å². The molecule has 1 aliphatic heterocycles. The van der Waals surface area contributed by atoms with Gasteiger partial charge in [0.2, 0.25) is 0 Å². The normalized spacial score (nSPS) is 19.3. The van der Waals surface area contributed by atoms with E-state index in [0.717, 1.165) is 23.3 Å². The minimum atomic E-state index is -0.00509. The van der Waals surface area contributed by atoms with Crippen molar-refractivity contribution in [3.05, 3.63) is 29.3 Å². The van der Waals surface area contributed by atoms with E-state index in [-0.39, 0.29) is 11.3 Å². The van der Waals surface area contributed by atoms with E-state index < -0.39 is 0 Å². The number of carbonyl (C=O) groups is 1. The third-order valence-corrected chi connectivity index (χ3v) is 3.42. The lowest BCUT2D eigenvalue weighted by molar-refractivity contribution is 0.0940. The molecule has 2 rings (SSSR count). The van der Waals surface area contributed by atoms with E-state index >= 15 is 0 Å². The molecule has 4 heteroatoms. The Kier molecular flexibility index (Phi) is 2.86. The maximum Gasteiger partial charge on any atom is 0.252 e. The fourth-order valence-corrected chi connectivity index (χ4v) is 2.34. The van der Waals surface area contributed by atoms with Gasteiger partial charge in [0, 0.05) is 17.5 Å². The van der Waals surface area contributed by atoms with E-state index in [9.17, 15) is 4.79 Å². The second-order valence-corrected chi connectivity index (χ2v) is 4.43. The number of methoxy groups -OCH3 is 1. The van der Waals surface area contributed by atoms with E-state index in [4.69, 9.17) is 4.74 Å². The third kappa shape index (κ3) is 1.81. The number of hydrogen-bond donors (Lipinski definition) is 1. The van der Waals surface area contributed by atoms with Crippen LogP contribution in [0.3, 0.4) is 0 Å². The standard InChI is InChI=1S/C11H13NO2S/c1-14-9-5-3-4-7-8(9)6-10(15-2)12-11(7)13/h3-5,10H,6H2,1-2H3,(H,12,13). The Labute approximate surface area is 93.2 Å². The van der Waals surface area contributed by atoms with Gasteiger partial charge in [-0.25, -0.2) is 0 Å². The molecule has 80 valence electrons. The largest absolute Gasteiger partial charge is 0.496 e. The smallest absolute Gasteiger partial charge is 0.252 e. The summed E-state index contributed by atoms with van der Waals surface area (Å²) in [7, 11) is 1.64. The van der Waals surface area contributed by atoms with Crippen LogP contribution in [-0.2, 0) is 6.42 Å². The molecule has 0 saturated carbocycles. The third-order valence-electron chi connectivity index (χ3n) is 2.56. The molecule has 1 aromatic rings. The summed E-state index contributed by atoms with van der Waals surface area (Å²) in [6.07, 6.45) is 2.82. The average molecular weight is 223 g/mol.